The molecule has 0 unspecified atom stereocenters. The van der Waals surface area contributed by atoms with Crippen LogP contribution in [0.3, 0.4) is 0 Å². The van der Waals surface area contributed by atoms with Crippen LogP contribution in [0.1, 0.15) is 24.8 Å². The van der Waals surface area contributed by atoms with Crippen LogP contribution in [0.2, 0.25) is 0 Å². The standard InChI is InChI=1S/C13H15F3N2O2S/c14-13(15,16)8-1-2-10-18-21(19,20)12-5-3-11(4-6-12)7-9-17/h3-6,18H,1-2,7-8,10H2. The number of nitrogens with one attached hydrogen (secondary N) is 1. The van der Waals surface area contributed by atoms with Gasteiger partial charge in [0.2, 0.25) is 10.0 Å². The first-order valence-corrected chi connectivity index (χ1v) is 7.75. The average molecular weight is 320 g/mol. The van der Waals surface area contributed by atoms with E-state index in [1.54, 1.807) is 0 Å². The molecule has 0 spiro atoms. The Morgan fingerprint density at radius 1 is 1.14 bits per heavy atom. The van der Waals surface area contributed by atoms with Gasteiger partial charge in [0.15, 0.2) is 0 Å². The minimum absolute atomic E-state index is 0.0278. The van der Waals surface area contributed by atoms with E-state index >= 15 is 0 Å². The van der Waals surface area contributed by atoms with E-state index in [2.05, 4.69) is 4.72 Å². The predicted octanol–water partition coefficient (Wildman–Crippen LogP) is 2.76. The van der Waals surface area contributed by atoms with Crippen molar-refractivity contribution in [3.8, 4) is 6.07 Å². The fourth-order valence-electron chi connectivity index (χ4n) is 1.62. The lowest BCUT2D eigenvalue weighted by atomic mass is 10.2. The molecule has 0 radical (unpaired) electrons. The van der Waals surface area contributed by atoms with E-state index in [4.69, 9.17) is 5.26 Å². The summed E-state index contributed by atoms with van der Waals surface area (Å²) in [7, 11) is -3.72. The molecule has 0 heterocycles. The van der Waals surface area contributed by atoms with E-state index in [9.17, 15) is 21.6 Å². The third kappa shape index (κ3) is 6.60. The number of alkyl halides is 3. The molecule has 1 aromatic carbocycles. The Labute approximate surface area is 121 Å². The third-order valence-electron chi connectivity index (χ3n) is 2.70. The van der Waals surface area contributed by atoms with Gasteiger partial charge in [0, 0.05) is 13.0 Å². The minimum atomic E-state index is -4.21. The molecular formula is C13H15F3N2O2S. The van der Waals surface area contributed by atoms with Gasteiger partial charge in [-0.3, -0.25) is 0 Å². The van der Waals surface area contributed by atoms with E-state index in [1.807, 2.05) is 6.07 Å². The Hall–Kier alpha value is -1.59. The normalized spacial score (nSPS) is 12.1. The molecule has 0 saturated heterocycles. The highest BCUT2D eigenvalue weighted by atomic mass is 32.2. The first-order chi connectivity index (χ1) is 9.74. The Balaban J connectivity index is 2.48. The van der Waals surface area contributed by atoms with Gasteiger partial charge in [-0.15, -0.1) is 0 Å². The molecule has 0 aromatic heterocycles. The summed E-state index contributed by atoms with van der Waals surface area (Å²) >= 11 is 0. The van der Waals surface area contributed by atoms with Gasteiger partial charge >= 0.3 is 6.18 Å². The molecule has 1 rings (SSSR count). The molecule has 1 N–H and O–H groups in total. The maximum Gasteiger partial charge on any atom is 0.389 e. The van der Waals surface area contributed by atoms with Gasteiger partial charge in [0.05, 0.1) is 17.4 Å². The second-order valence-corrected chi connectivity index (χ2v) is 6.22. The Morgan fingerprint density at radius 3 is 2.29 bits per heavy atom. The summed E-state index contributed by atoms with van der Waals surface area (Å²) in [6, 6.07) is 7.74. The van der Waals surface area contributed by atoms with Crippen molar-refractivity contribution in [2.75, 3.05) is 6.54 Å². The summed E-state index contributed by atoms with van der Waals surface area (Å²) in [5.41, 5.74) is 0.696. The molecule has 0 atom stereocenters. The lowest BCUT2D eigenvalue weighted by molar-refractivity contribution is -0.135. The van der Waals surface area contributed by atoms with E-state index in [0.29, 0.717) is 5.56 Å². The van der Waals surface area contributed by atoms with Gasteiger partial charge in [0.1, 0.15) is 0 Å². The first-order valence-electron chi connectivity index (χ1n) is 6.27. The summed E-state index contributed by atoms with van der Waals surface area (Å²) in [5.74, 6) is 0. The van der Waals surface area contributed by atoms with Crippen molar-refractivity contribution in [3.63, 3.8) is 0 Å². The van der Waals surface area contributed by atoms with Crippen LogP contribution in [-0.2, 0) is 16.4 Å². The molecule has 1 aromatic rings. The number of hydrogen-bond donors (Lipinski definition) is 1. The highest BCUT2D eigenvalue weighted by Gasteiger charge is 2.25. The zero-order valence-electron chi connectivity index (χ0n) is 11.2. The van der Waals surface area contributed by atoms with Gasteiger partial charge in [-0.1, -0.05) is 12.1 Å². The molecule has 116 valence electrons. The van der Waals surface area contributed by atoms with Crippen LogP contribution in [0.4, 0.5) is 13.2 Å². The van der Waals surface area contributed by atoms with Crippen LogP contribution in [0.5, 0.6) is 0 Å². The number of sulfonamides is 1. The van der Waals surface area contributed by atoms with Crippen molar-refractivity contribution in [1.29, 1.82) is 5.26 Å². The van der Waals surface area contributed by atoms with Crippen molar-refractivity contribution >= 4 is 10.0 Å². The topological polar surface area (TPSA) is 70.0 Å². The molecule has 8 heteroatoms. The monoisotopic (exact) mass is 320 g/mol. The van der Waals surface area contributed by atoms with Crippen molar-refractivity contribution in [2.24, 2.45) is 0 Å². The van der Waals surface area contributed by atoms with Crippen molar-refractivity contribution in [2.45, 2.75) is 36.8 Å². The van der Waals surface area contributed by atoms with Crippen LogP contribution >= 0.6 is 0 Å². The van der Waals surface area contributed by atoms with Gasteiger partial charge in [-0.2, -0.15) is 18.4 Å². The number of hydrogen-bond acceptors (Lipinski definition) is 3. The van der Waals surface area contributed by atoms with Crippen LogP contribution in [-0.4, -0.2) is 21.1 Å². The fourth-order valence-corrected chi connectivity index (χ4v) is 2.69. The van der Waals surface area contributed by atoms with E-state index < -0.39 is 22.6 Å². The summed E-state index contributed by atoms with van der Waals surface area (Å²) in [6.07, 6.45) is -4.95. The SMILES string of the molecule is N#CCc1ccc(S(=O)(=O)NCCCCC(F)(F)F)cc1. The summed E-state index contributed by atoms with van der Waals surface area (Å²) < 4.78 is 61.7. The molecular weight excluding hydrogens is 305 g/mol. The molecule has 0 amide bonds. The van der Waals surface area contributed by atoms with E-state index in [1.165, 1.54) is 24.3 Å². The quantitative estimate of drug-likeness (QED) is 0.785. The first kappa shape index (κ1) is 17.5. The lowest BCUT2D eigenvalue weighted by Crippen LogP contribution is -2.25. The predicted molar refractivity (Wildman–Crippen MR) is 70.9 cm³/mol. The molecule has 0 fully saturated rings. The van der Waals surface area contributed by atoms with Crippen molar-refractivity contribution in [3.05, 3.63) is 29.8 Å². The Kier molecular flexibility index (Phi) is 6.18. The maximum absolute atomic E-state index is 11.9. The molecule has 0 bridgehead atoms. The number of benzene rings is 1. The smallest absolute Gasteiger partial charge is 0.211 e. The summed E-state index contributed by atoms with van der Waals surface area (Å²) in [5, 5.41) is 8.51. The Bertz CT molecular complexity index is 589. The number of rotatable bonds is 7. The molecule has 4 nitrogen and oxygen atoms in total. The van der Waals surface area contributed by atoms with Crippen LogP contribution in [0.25, 0.3) is 0 Å². The van der Waals surface area contributed by atoms with Gasteiger partial charge in [0.25, 0.3) is 0 Å². The van der Waals surface area contributed by atoms with Crippen LogP contribution in [0, 0.1) is 11.3 Å². The zero-order valence-corrected chi connectivity index (χ0v) is 12.0. The van der Waals surface area contributed by atoms with Crippen molar-refractivity contribution < 1.29 is 21.6 Å². The van der Waals surface area contributed by atoms with Crippen molar-refractivity contribution in [1.82, 2.24) is 4.72 Å². The fraction of sp³-hybridized carbons (Fsp3) is 0.462. The molecule has 0 aliphatic carbocycles. The summed E-state index contributed by atoms with van der Waals surface area (Å²) in [4.78, 5) is 0.0278. The maximum atomic E-state index is 11.9. The highest BCUT2D eigenvalue weighted by Crippen LogP contribution is 2.22. The minimum Gasteiger partial charge on any atom is -0.211 e. The summed E-state index contributed by atoms with van der Waals surface area (Å²) in [6.45, 7) is -0.0433. The molecule has 0 saturated carbocycles. The van der Waals surface area contributed by atoms with Crippen LogP contribution < -0.4 is 4.72 Å². The highest BCUT2D eigenvalue weighted by molar-refractivity contribution is 7.89. The second-order valence-electron chi connectivity index (χ2n) is 4.45. The van der Waals surface area contributed by atoms with E-state index in [-0.39, 0.29) is 30.7 Å². The van der Waals surface area contributed by atoms with Crippen LogP contribution in [0.15, 0.2) is 29.2 Å². The Morgan fingerprint density at radius 2 is 1.76 bits per heavy atom. The van der Waals surface area contributed by atoms with Gasteiger partial charge < -0.3 is 0 Å². The third-order valence-corrected chi connectivity index (χ3v) is 4.17. The number of nitriles is 1. The van der Waals surface area contributed by atoms with Gasteiger partial charge in [-0.05, 0) is 30.5 Å². The zero-order chi connectivity index (χ0) is 15.9. The van der Waals surface area contributed by atoms with E-state index in [0.717, 1.165) is 0 Å². The largest absolute Gasteiger partial charge is 0.389 e. The average Bonchev–Trinajstić information content (AvgIpc) is 2.38. The second kappa shape index (κ2) is 7.43. The number of halogens is 3. The number of nitrogens with zero attached hydrogens (tertiary/aromatic N) is 1. The lowest BCUT2D eigenvalue weighted by Gasteiger charge is -2.08. The van der Waals surface area contributed by atoms with Gasteiger partial charge in [-0.25, -0.2) is 13.1 Å². The molecule has 0 aliphatic rings. The number of unbranched alkanes of at least 4 members (excludes halogenated alkanes) is 1. The molecule has 21 heavy (non-hydrogen) atoms. The molecule has 0 aliphatic heterocycles.